The van der Waals surface area contributed by atoms with E-state index in [1.165, 1.54) is 35.0 Å². The zero-order valence-electron chi connectivity index (χ0n) is 15.1. The number of nitrogens with one attached hydrogen (secondary N) is 1. The summed E-state index contributed by atoms with van der Waals surface area (Å²) in [6.07, 6.45) is 2.31. The van der Waals surface area contributed by atoms with Crippen LogP contribution in [0.3, 0.4) is 0 Å². The normalized spacial score (nSPS) is 11.1. The van der Waals surface area contributed by atoms with Crippen LogP contribution in [0.15, 0.2) is 52.5 Å². The van der Waals surface area contributed by atoms with Gasteiger partial charge in [0.2, 0.25) is 0 Å². The van der Waals surface area contributed by atoms with Crippen LogP contribution in [0.1, 0.15) is 22.8 Å². The first kappa shape index (κ1) is 19.7. The monoisotopic (exact) mass is 397 g/mol. The summed E-state index contributed by atoms with van der Waals surface area (Å²) in [5.41, 5.74) is 1.31. The minimum Gasteiger partial charge on any atom is -0.545 e. The lowest BCUT2D eigenvalue weighted by Gasteiger charge is -2.13. The molecule has 1 N–H and O–H groups in total. The first-order valence-electron chi connectivity index (χ1n) is 8.44. The molecule has 0 amide bonds. The fourth-order valence-corrected chi connectivity index (χ4v) is 2.84. The van der Waals surface area contributed by atoms with Gasteiger partial charge in [0.25, 0.3) is 5.69 Å². The second-order valence-corrected chi connectivity index (χ2v) is 5.98. The Morgan fingerprint density at radius 3 is 2.72 bits per heavy atom. The van der Waals surface area contributed by atoms with E-state index >= 15 is 0 Å². The Kier molecular flexibility index (Phi) is 5.35. The minimum atomic E-state index is -1.64. The topological polar surface area (TPSA) is 130 Å². The van der Waals surface area contributed by atoms with Crippen molar-refractivity contribution in [2.45, 2.75) is 13.5 Å². The van der Waals surface area contributed by atoms with Crippen LogP contribution in [-0.2, 0) is 6.54 Å². The largest absolute Gasteiger partial charge is 0.545 e. The summed E-state index contributed by atoms with van der Waals surface area (Å²) in [5, 5.41) is 25.9. The number of para-hydroxylation sites is 1. The highest BCUT2D eigenvalue weighted by Gasteiger charge is 2.14. The Balaban J connectivity index is 2.02. The molecule has 0 atom stereocenters. The summed E-state index contributed by atoms with van der Waals surface area (Å²) in [5.74, 6) is -2.48. The van der Waals surface area contributed by atoms with Gasteiger partial charge in [0.05, 0.1) is 39.4 Å². The molecule has 0 unspecified atom stereocenters. The Morgan fingerprint density at radius 2 is 2.07 bits per heavy atom. The highest BCUT2D eigenvalue weighted by Crippen LogP contribution is 2.22. The van der Waals surface area contributed by atoms with Crippen molar-refractivity contribution in [3.05, 3.63) is 79.9 Å². The fraction of sp³-hybridized carbons (Fsp3) is 0.105. The number of carbonyl (C=O) groups is 1. The van der Waals surface area contributed by atoms with E-state index in [9.17, 15) is 29.2 Å². The molecule has 9 nitrogen and oxygen atoms in total. The van der Waals surface area contributed by atoms with Crippen LogP contribution in [0.5, 0.6) is 0 Å². The number of carbonyl (C=O) groups excluding carboxylic acids is 1. The van der Waals surface area contributed by atoms with Gasteiger partial charge < -0.3 is 14.5 Å². The van der Waals surface area contributed by atoms with Crippen molar-refractivity contribution in [3.8, 4) is 0 Å². The molecule has 29 heavy (non-hydrogen) atoms. The number of hydrogen-bond acceptors (Lipinski definition) is 7. The van der Waals surface area contributed by atoms with Gasteiger partial charge in [-0.05, 0) is 25.1 Å². The van der Waals surface area contributed by atoms with Crippen LogP contribution in [0.2, 0.25) is 0 Å². The van der Waals surface area contributed by atoms with Gasteiger partial charge in [-0.25, -0.2) is 4.39 Å². The number of rotatable bonds is 6. The van der Waals surface area contributed by atoms with Gasteiger partial charge in [0.1, 0.15) is 5.82 Å². The van der Waals surface area contributed by atoms with Gasteiger partial charge in [-0.1, -0.05) is 12.1 Å². The first-order valence-corrected chi connectivity index (χ1v) is 8.44. The number of nitro groups is 1. The average Bonchev–Trinajstić information content (AvgIpc) is 2.69. The third kappa shape index (κ3) is 3.81. The van der Waals surface area contributed by atoms with Gasteiger partial charge in [0.15, 0.2) is 5.43 Å². The SMILES string of the molecule is CCn1cc(C(=O)[O-])c(=O)c2cc(F)c(N/N=C\c3ccccc3[N+](=O)[O-])cc21. The summed E-state index contributed by atoms with van der Waals surface area (Å²) in [6, 6.07) is 8.13. The molecule has 0 radical (unpaired) electrons. The second-order valence-electron chi connectivity index (χ2n) is 5.98. The van der Waals surface area contributed by atoms with Crippen molar-refractivity contribution in [2.75, 3.05) is 5.43 Å². The van der Waals surface area contributed by atoms with Gasteiger partial charge in [-0.3, -0.25) is 20.3 Å². The zero-order chi connectivity index (χ0) is 21.1. The van der Waals surface area contributed by atoms with Crippen LogP contribution >= 0.6 is 0 Å². The predicted molar refractivity (Wildman–Crippen MR) is 102 cm³/mol. The minimum absolute atomic E-state index is 0.0878. The number of hydrogen-bond donors (Lipinski definition) is 1. The number of fused-ring (bicyclic) bond motifs is 1. The van der Waals surface area contributed by atoms with Crippen molar-refractivity contribution in [3.63, 3.8) is 0 Å². The summed E-state index contributed by atoms with van der Waals surface area (Å²) in [6.45, 7) is 2.05. The Morgan fingerprint density at radius 1 is 1.34 bits per heavy atom. The molecule has 3 rings (SSSR count). The van der Waals surface area contributed by atoms with E-state index in [1.54, 1.807) is 13.0 Å². The molecule has 3 aromatic rings. The molecule has 148 valence electrons. The number of halogens is 1. The van der Waals surface area contributed by atoms with Crippen LogP contribution in [0, 0.1) is 15.9 Å². The van der Waals surface area contributed by atoms with Crippen molar-refractivity contribution in [2.24, 2.45) is 5.10 Å². The Labute approximate surface area is 162 Å². The van der Waals surface area contributed by atoms with Gasteiger partial charge in [-0.15, -0.1) is 0 Å². The number of carboxylic acids is 1. The molecular formula is C19H14FN4O5-. The Bertz CT molecular complexity index is 1220. The van der Waals surface area contributed by atoms with E-state index in [2.05, 4.69) is 10.5 Å². The highest BCUT2D eigenvalue weighted by molar-refractivity contribution is 5.92. The van der Waals surface area contributed by atoms with Gasteiger partial charge in [0, 0.05) is 24.2 Å². The number of anilines is 1. The van der Waals surface area contributed by atoms with Crippen LogP contribution in [0.25, 0.3) is 10.9 Å². The van der Waals surface area contributed by atoms with Gasteiger partial charge in [-0.2, -0.15) is 5.10 Å². The number of aryl methyl sites for hydroxylation is 1. The quantitative estimate of drug-likeness (QED) is 0.384. The summed E-state index contributed by atoms with van der Waals surface area (Å²) in [7, 11) is 0. The Hall–Kier alpha value is -4.08. The van der Waals surface area contributed by atoms with E-state index in [0.717, 1.165) is 12.3 Å². The van der Waals surface area contributed by atoms with E-state index in [0.29, 0.717) is 12.1 Å². The molecule has 0 aliphatic rings. The second kappa shape index (κ2) is 7.89. The molecule has 2 aromatic carbocycles. The summed E-state index contributed by atoms with van der Waals surface area (Å²) in [4.78, 5) is 33.9. The van der Waals surface area contributed by atoms with Crippen molar-refractivity contribution in [1.29, 1.82) is 0 Å². The lowest BCUT2D eigenvalue weighted by Crippen LogP contribution is -2.30. The average molecular weight is 397 g/mol. The smallest absolute Gasteiger partial charge is 0.278 e. The maximum Gasteiger partial charge on any atom is 0.278 e. The maximum absolute atomic E-state index is 14.4. The van der Waals surface area contributed by atoms with Crippen LogP contribution < -0.4 is 16.0 Å². The lowest BCUT2D eigenvalue weighted by molar-refractivity contribution is -0.385. The zero-order valence-corrected chi connectivity index (χ0v) is 15.1. The molecule has 0 saturated heterocycles. The number of nitro benzene ring substituents is 1. The predicted octanol–water partition coefficient (Wildman–Crippen LogP) is 1.88. The molecule has 10 heteroatoms. The van der Waals surface area contributed by atoms with E-state index < -0.39 is 27.7 Å². The number of aromatic carboxylic acids is 1. The third-order valence-corrected chi connectivity index (χ3v) is 4.25. The number of pyridine rings is 1. The lowest BCUT2D eigenvalue weighted by atomic mass is 10.1. The number of carboxylic acid groups (broad SMARTS) is 1. The first-order chi connectivity index (χ1) is 13.8. The number of aromatic nitrogens is 1. The molecule has 0 bridgehead atoms. The molecule has 0 spiro atoms. The molecular weight excluding hydrogens is 383 g/mol. The summed E-state index contributed by atoms with van der Waals surface area (Å²) < 4.78 is 15.9. The van der Waals surface area contributed by atoms with Crippen molar-refractivity contribution in [1.82, 2.24) is 4.57 Å². The standard InChI is InChI=1S/C19H15FN4O5/c1-2-23-10-13(19(26)27)18(25)12-7-14(20)15(8-17(12)23)22-21-9-11-5-3-4-6-16(11)24(28)29/h3-10,22H,2H2,1H3,(H,26,27)/p-1/b21-9-. The third-order valence-electron chi connectivity index (χ3n) is 4.25. The van der Waals surface area contributed by atoms with E-state index in [-0.39, 0.29) is 22.3 Å². The number of hydrazone groups is 1. The number of benzene rings is 2. The maximum atomic E-state index is 14.4. The molecule has 1 aromatic heterocycles. The van der Waals surface area contributed by atoms with E-state index in [1.807, 2.05) is 0 Å². The van der Waals surface area contributed by atoms with E-state index in [4.69, 9.17) is 0 Å². The molecule has 0 saturated carbocycles. The van der Waals surface area contributed by atoms with Gasteiger partial charge >= 0.3 is 0 Å². The van der Waals surface area contributed by atoms with Crippen molar-refractivity contribution >= 4 is 34.5 Å². The molecule has 0 aliphatic heterocycles. The molecule has 1 heterocycles. The van der Waals surface area contributed by atoms with Crippen molar-refractivity contribution < 1.29 is 19.2 Å². The van der Waals surface area contributed by atoms with Crippen LogP contribution in [-0.4, -0.2) is 21.7 Å². The molecule has 0 aliphatic carbocycles. The summed E-state index contributed by atoms with van der Waals surface area (Å²) >= 11 is 0. The molecule has 0 fully saturated rings. The fourth-order valence-electron chi connectivity index (χ4n) is 2.84. The van der Waals surface area contributed by atoms with Crippen LogP contribution in [0.4, 0.5) is 15.8 Å². The highest BCUT2D eigenvalue weighted by atomic mass is 19.1. The number of nitrogens with zero attached hydrogens (tertiary/aromatic N) is 3.